The van der Waals surface area contributed by atoms with E-state index in [1.807, 2.05) is 0 Å². The lowest BCUT2D eigenvalue weighted by atomic mass is 9.82. The highest BCUT2D eigenvalue weighted by Gasteiger charge is 2.66. The highest BCUT2D eigenvalue weighted by Crippen LogP contribution is 2.53. The third-order valence-electron chi connectivity index (χ3n) is 5.72. The number of aliphatic hydroxyl groups is 1. The van der Waals surface area contributed by atoms with Crippen LogP contribution in [0.5, 0.6) is 0 Å². The molecule has 154 valence electrons. The number of hydrogen-bond acceptors (Lipinski definition) is 5. The molecule has 0 saturated carbocycles. The number of ether oxygens (including phenoxy) is 1. The van der Waals surface area contributed by atoms with Gasteiger partial charge in [0, 0.05) is 44.1 Å². The van der Waals surface area contributed by atoms with Crippen LogP contribution in [0.3, 0.4) is 0 Å². The van der Waals surface area contributed by atoms with Gasteiger partial charge in [0.1, 0.15) is 5.76 Å². The van der Waals surface area contributed by atoms with Gasteiger partial charge < -0.3 is 19.6 Å². The lowest BCUT2D eigenvalue weighted by Crippen LogP contribution is -2.51. The molecule has 1 fully saturated rings. The molecule has 0 bridgehead atoms. The Morgan fingerprint density at radius 3 is 2.40 bits per heavy atom. The summed E-state index contributed by atoms with van der Waals surface area (Å²) in [4.78, 5) is 42.7. The van der Waals surface area contributed by atoms with Crippen LogP contribution in [0, 0.1) is 0 Å². The molecule has 2 amide bonds. The van der Waals surface area contributed by atoms with Gasteiger partial charge in [-0.05, 0) is 12.5 Å². The predicted octanol–water partition coefficient (Wildman–Crippen LogP) is 2.28. The van der Waals surface area contributed by atoms with Gasteiger partial charge in [0.05, 0.1) is 5.57 Å². The number of amides is 2. The maximum absolute atomic E-state index is 13.7. The molecule has 1 N–H and O–H groups in total. The molecule has 2 heterocycles. The topological polar surface area (TPSA) is 87.1 Å². The zero-order valence-corrected chi connectivity index (χ0v) is 16.8. The Labute approximate surface area is 174 Å². The van der Waals surface area contributed by atoms with Gasteiger partial charge in [0.2, 0.25) is 0 Å². The molecular formula is C23H22N2O5. The number of ketones is 1. The number of aliphatic hydroxyl groups excluding tert-OH is 1. The minimum atomic E-state index is -1.70. The Bertz CT molecular complexity index is 1060. The molecule has 2 aromatic rings. The lowest BCUT2D eigenvalue weighted by Gasteiger charge is -2.34. The Balaban J connectivity index is 2.02. The van der Waals surface area contributed by atoms with E-state index in [-0.39, 0.29) is 17.9 Å². The molecule has 2 aromatic carbocycles. The van der Waals surface area contributed by atoms with E-state index < -0.39 is 23.1 Å². The zero-order valence-electron chi connectivity index (χ0n) is 16.8. The normalized spacial score (nSPS) is 22.3. The van der Waals surface area contributed by atoms with Crippen molar-refractivity contribution in [2.24, 2.45) is 0 Å². The zero-order chi connectivity index (χ0) is 21.5. The first-order valence-corrected chi connectivity index (χ1v) is 9.68. The van der Waals surface area contributed by atoms with Crippen LogP contribution in [0.1, 0.15) is 17.5 Å². The minimum absolute atomic E-state index is 0.137. The monoisotopic (exact) mass is 406 g/mol. The van der Waals surface area contributed by atoms with Gasteiger partial charge in [-0.3, -0.25) is 14.4 Å². The smallest absolute Gasteiger partial charge is 0.296 e. The summed E-state index contributed by atoms with van der Waals surface area (Å²) < 4.78 is 5.10. The number of Topliss-reactive ketones (excluding diaryl/α,β-unsaturated/α-hetero) is 1. The third-order valence-corrected chi connectivity index (χ3v) is 5.72. The summed E-state index contributed by atoms with van der Waals surface area (Å²) >= 11 is 0. The summed E-state index contributed by atoms with van der Waals surface area (Å²) in [6, 6.07) is 15.5. The standard InChI is InChI=1S/C23H22N2O5/c1-24-17-12-7-6-11-16(17)23(22(24)29)18(19(26)15-9-4-3-5-10-15)20(27)21(28)25(23)13-8-14-30-2/h3-7,9-12,26H,8,13-14H2,1-2H3/b19-18-. The molecule has 0 aliphatic carbocycles. The van der Waals surface area contributed by atoms with Crippen LogP contribution in [-0.2, 0) is 24.7 Å². The fraction of sp³-hybridized carbons (Fsp3) is 0.261. The molecule has 2 aliphatic heterocycles. The van der Waals surface area contributed by atoms with Gasteiger partial charge in [-0.1, -0.05) is 48.5 Å². The van der Waals surface area contributed by atoms with Crippen molar-refractivity contribution in [3.63, 3.8) is 0 Å². The van der Waals surface area contributed by atoms with E-state index in [0.29, 0.717) is 29.8 Å². The largest absolute Gasteiger partial charge is 0.507 e. The quantitative estimate of drug-likeness (QED) is 0.356. The summed E-state index contributed by atoms with van der Waals surface area (Å²) in [6.45, 7) is 0.501. The van der Waals surface area contributed by atoms with Crippen LogP contribution in [-0.4, -0.2) is 54.9 Å². The van der Waals surface area contributed by atoms with Crippen LogP contribution >= 0.6 is 0 Å². The van der Waals surface area contributed by atoms with Crippen LogP contribution < -0.4 is 4.90 Å². The Hall–Kier alpha value is -3.45. The van der Waals surface area contributed by atoms with E-state index >= 15 is 0 Å². The first-order valence-electron chi connectivity index (χ1n) is 9.68. The van der Waals surface area contributed by atoms with E-state index in [2.05, 4.69) is 0 Å². The highest BCUT2D eigenvalue weighted by molar-refractivity contribution is 6.50. The summed E-state index contributed by atoms with van der Waals surface area (Å²) in [5.41, 5.74) is -0.427. The molecule has 1 spiro atoms. The predicted molar refractivity (Wildman–Crippen MR) is 111 cm³/mol. The first-order chi connectivity index (χ1) is 14.5. The number of nitrogens with zero attached hydrogens (tertiary/aromatic N) is 2. The number of methoxy groups -OCH3 is 1. The molecule has 4 rings (SSSR count). The second-order valence-corrected chi connectivity index (χ2v) is 7.31. The molecule has 1 unspecified atom stereocenters. The first kappa shape index (κ1) is 19.8. The fourth-order valence-corrected chi connectivity index (χ4v) is 4.38. The fourth-order valence-electron chi connectivity index (χ4n) is 4.38. The van der Waals surface area contributed by atoms with Crippen molar-refractivity contribution in [1.29, 1.82) is 0 Å². The van der Waals surface area contributed by atoms with E-state index in [1.54, 1.807) is 68.8 Å². The van der Waals surface area contributed by atoms with Crippen LogP contribution in [0.15, 0.2) is 60.2 Å². The lowest BCUT2D eigenvalue weighted by molar-refractivity contribution is -0.143. The van der Waals surface area contributed by atoms with E-state index in [4.69, 9.17) is 4.74 Å². The summed E-state index contributed by atoms with van der Waals surface area (Å²) in [7, 11) is 3.15. The Kier molecular flexibility index (Phi) is 4.91. The van der Waals surface area contributed by atoms with Crippen LogP contribution in [0.4, 0.5) is 5.69 Å². The van der Waals surface area contributed by atoms with Gasteiger partial charge in [-0.25, -0.2) is 0 Å². The molecule has 7 heteroatoms. The number of anilines is 1. The van der Waals surface area contributed by atoms with Crippen molar-refractivity contribution in [3.8, 4) is 0 Å². The maximum Gasteiger partial charge on any atom is 0.296 e. The van der Waals surface area contributed by atoms with Crippen molar-refractivity contribution in [2.45, 2.75) is 12.0 Å². The van der Waals surface area contributed by atoms with Crippen LogP contribution in [0.2, 0.25) is 0 Å². The van der Waals surface area contributed by atoms with Crippen molar-refractivity contribution in [1.82, 2.24) is 4.90 Å². The summed E-state index contributed by atoms with van der Waals surface area (Å²) in [6.07, 6.45) is 0.440. The molecule has 1 saturated heterocycles. The number of rotatable bonds is 5. The number of para-hydroxylation sites is 1. The molecule has 0 radical (unpaired) electrons. The van der Waals surface area contributed by atoms with Crippen molar-refractivity contribution >= 4 is 29.0 Å². The minimum Gasteiger partial charge on any atom is -0.507 e. The molecular weight excluding hydrogens is 384 g/mol. The Morgan fingerprint density at radius 1 is 1.03 bits per heavy atom. The number of carbonyl (C=O) groups is 3. The average Bonchev–Trinajstić information content (AvgIpc) is 3.13. The Morgan fingerprint density at radius 2 is 1.70 bits per heavy atom. The average molecular weight is 406 g/mol. The van der Waals surface area contributed by atoms with E-state index in [9.17, 15) is 19.5 Å². The van der Waals surface area contributed by atoms with Crippen molar-refractivity contribution < 1.29 is 24.2 Å². The number of likely N-dealkylation sites (N-methyl/N-ethyl adjacent to an activating group) is 1. The SMILES string of the molecule is COCCCN1C(=O)C(=O)/C(=C(/O)c2ccccc2)C12C(=O)N(C)c1ccccc12. The number of fused-ring (bicyclic) bond motifs is 2. The molecule has 30 heavy (non-hydrogen) atoms. The number of hydrogen-bond donors (Lipinski definition) is 1. The third kappa shape index (κ3) is 2.59. The second-order valence-electron chi connectivity index (χ2n) is 7.31. The number of benzene rings is 2. The number of likely N-dealkylation sites (tertiary alicyclic amines) is 1. The van der Waals surface area contributed by atoms with Crippen molar-refractivity contribution in [3.05, 3.63) is 71.3 Å². The maximum atomic E-state index is 13.7. The van der Waals surface area contributed by atoms with Gasteiger partial charge >= 0.3 is 0 Å². The highest BCUT2D eigenvalue weighted by atomic mass is 16.5. The summed E-state index contributed by atoms with van der Waals surface area (Å²) in [5.74, 6) is -2.48. The van der Waals surface area contributed by atoms with Gasteiger partial charge in [-0.15, -0.1) is 0 Å². The second kappa shape index (κ2) is 7.42. The van der Waals surface area contributed by atoms with E-state index in [0.717, 1.165) is 0 Å². The van der Waals surface area contributed by atoms with Gasteiger partial charge in [0.25, 0.3) is 17.6 Å². The summed E-state index contributed by atoms with van der Waals surface area (Å²) in [5, 5.41) is 11.1. The molecule has 1 atom stereocenters. The molecule has 0 aromatic heterocycles. The van der Waals surface area contributed by atoms with Crippen LogP contribution in [0.25, 0.3) is 5.76 Å². The molecule has 2 aliphatic rings. The van der Waals surface area contributed by atoms with Crippen molar-refractivity contribution in [2.75, 3.05) is 32.2 Å². The number of carbonyl (C=O) groups excluding carboxylic acids is 3. The van der Waals surface area contributed by atoms with Gasteiger partial charge in [0.15, 0.2) is 5.54 Å². The molecule has 7 nitrogen and oxygen atoms in total. The van der Waals surface area contributed by atoms with E-state index in [1.165, 1.54) is 9.80 Å². The van der Waals surface area contributed by atoms with Gasteiger partial charge in [-0.2, -0.15) is 0 Å².